The van der Waals surface area contributed by atoms with Crippen molar-refractivity contribution in [2.24, 2.45) is 0 Å². The van der Waals surface area contributed by atoms with E-state index in [1.54, 1.807) is 24.1 Å². The SMILES string of the molecule is CCOc1ccc(C2CCCN2C(=O)c2ccc(NCCOC)c([N+](=O)[O-])c2)cc1. The fourth-order valence-corrected chi connectivity index (χ4v) is 3.73. The van der Waals surface area contributed by atoms with Crippen molar-refractivity contribution in [2.75, 3.05) is 38.7 Å². The van der Waals surface area contributed by atoms with Crippen LogP contribution < -0.4 is 10.1 Å². The lowest BCUT2D eigenvalue weighted by molar-refractivity contribution is -0.384. The third kappa shape index (κ3) is 4.88. The zero-order valence-electron chi connectivity index (χ0n) is 17.3. The number of carbonyl (C=O) groups excluding carboxylic acids is 1. The van der Waals surface area contributed by atoms with Gasteiger partial charge in [0.05, 0.1) is 24.2 Å². The van der Waals surface area contributed by atoms with Gasteiger partial charge < -0.3 is 19.7 Å². The molecule has 1 fully saturated rings. The number of likely N-dealkylation sites (tertiary alicyclic amines) is 1. The number of nitrogens with zero attached hydrogens (tertiary/aromatic N) is 2. The van der Waals surface area contributed by atoms with Crippen LogP contribution in [0.15, 0.2) is 42.5 Å². The molecule has 1 N–H and O–H groups in total. The highest BCUT2D eigenvalue weighted by molar-refractivity contribution is 5.96. The van der Waals surface area contributed by atoms with Crippen LogP contribution in [0.1, 0.15) is 41.7 Å². The van der Waals surface area contributed by atoms with Gasteiger partial charge in [0.15, 0.2) is 0 Å². The summed E-state index contributed by atoms with van der Waals surface area (Å²) in [6, 6.07) is 12.3. The van der Waals surface area contributed by atoms with E-state index in [9.17, 15) is 14.9 Å². The summed E-state index contributed by atoms with van der Waals surface area (Å²) in [6.45, 7) is 4.02. The highest BCUT2D eigenvalue weighted by atomic mass is 16.6. The molecule has 1 amide bonds. The predicted molar refractivity (Wildman–Crippen MR) is 114 cm³/mol. The Bertz CT molecular complexity index is 885. The number of rotatable bonds is 9. The van der Waals surface area contributed by atoms with E-state index in [2.05, 4.69) is 5.32 Å². The van der Waals surface area contributed by atoms with Crippen molar-refractivity contribution in [3.05, 3.63) is 63.7 Å². The summed E-state index contributed by atoms with van der Waals surface area (Å²) < 4.78 is 10.5. The van der Waals surface area contributed by atoms with Gasteiger partial charge in [0.25, 0.3) is 11.6 Å². The van der Waals surface area contributed by atoms with Crippen molar-refractivity contribution >= 4 is 17.3 Å². The molecule has 2 aromatic rings. The van der Waals surface area contributed by atoms with Crippen molar-refractivity contribution < 1.29 is 19.2 Å². The fraction of sp³-hybridized carbons (Fsp3) is 0.409. The lowest BCUT2D eigenvalue weighted by Gasteiger charge is -2.25. The van der Waals surface area contributed by atoms with Gasteiger partial charge in [-0.3, -0.25) is 14.9 Å². The van der Waals surface area contributed by atoms with E-state index in [0.717, 1.165) is 24.2 Å². The number of nitro benzene ring substituents is 1. The Hall–Kier alpha value is -3.13. The number of nitro groups is 1. The van der Waals surface area contributed by atoms with E-state index in [-0.39, 0.29) is 17.6 Å². The Morgan fingerprint density at radius 3 is 2.70 bits per heavy atom. The summed E-state index contributed by atoms with van der Waals surface area (Å²) in [5.41, 5.74) is 1.61. The largest absolute Gasteiger partial charge is 0.494 e. The maximum Gasteiger partial charge on any atom is 0.293 e. The Morgan fingerprint density at radius 2 is 2.03 bits per heavy atom. The zero-order valence-corrected chi connectivity index (χ0v) is 17.3. The molecule has 8 nitrogen and oxygen atoms in total. The van der Waals surface area contributed by atoms with Crippen LogP contribution in [0.3, 0.4) is 0 Å². The van der Waals surface area contributed by atoms with Gasteiger partial charge >= 0.3 is 0 Å². The maximum atomic E-state index is 13.2. The smallest absolute Gasteiger partial charge is 0.293 e. The van der Waals surface area contributed by atoms with Crippen LogP contribution in [-0.2, 0) is 4.74 Å². The van der Waals surface area contributed by atoms with E-state index in [1.165, 1.54) is 6.07 Å². The second-order valence-electron chi connectivity index (χ2n) is 7.07. The highest BCUT2D eigenvalue weighted by Crippen LogP contribution is 2.35. The van der Waals surface area contributed by atoms with Crippen molar-refractivity contribution in [3.63, 3.8) is 0 Å². The van der Waals surface area contributed by atoms with Gasteiger partial charge in [-0.15, -0.1) is 0 Å². The van der Waals surface area contributed by atoms with E-state index in [0.29, 0.717) is 37.6 Å². The molecule has 0 saturated carbocycles. The Labute approximate surface area is 175 Å². The molecule has 0 radical (unpaired) electrons. The number of anilines is 1. The van der Waals surface area contributed by atoms with Crippen molar-refractivity contribution in [2.45, 2.75) is 25.8 Å². The summed E-state index contributed by atoms with van der Waals surface area (Å²) in [4.78, 5) is 26.0. The number of ether oxygens (including phenoxy) is 2. The third-order valence-electron chi connectivity index (χ3n) is 5.15. The Kier molecular flexibility index (Phi) is 7.24. The van der Waals surface area contributed by atoms with Crippen LogP contribution >= 0.6 is 0 Å². The third-order valence-corrected chi connectivity index (χ3v) is 5.15. The number of benzene rings is 2. The lowest BCUT2D eigenvalue weighted by atomic mass is 10.0. The second kappa shape index (κ2) is 10.1. The molecule has 1 aliphatic heterocycles. The van der Waals surface area contributed by atoms with Gasteiger partial charge in [-0.1, -0.05) is 12.1 Å². The first-order valence-corrected chi connectivity index (χ1v) is 10.1. The van der Waals surface area contributed by atoms with Crippen LogP contribution in [-0.4, -0.2) is 49.1 Å². The number of methoxy groups -OCH3 is 1. The number of amides is 1. The first-order valence-electron chi connectivity index (χ1n) is 10.1. The van der Waals surface area contributed by atoms with Gasteiger partial charge in [-0.05, 0) is 49.6 Å². The predicted octanol–water partition coefficient (Wildman–Crippen LogP) is 4.03. The molecule has 1 atom stereocenters. The standard InChI is InChI=1S/C22H27N3O5/c1-3-30-18-9-6-16(7-10-18)20-5-4-13-24(20)22(26)17-8-11-19(23-12-14-29-2)21(15-17)25(27)28/h6-11,15,20,23H,3-5,12-14H2,1-2H3. The van der Waals surface area contributed by atoms with Crippen LogP contribution in [0.25, 0.3) is 0 Å². The van der Waals surface area contributed by atoms with E-state index in [4.69, 9.17) is 9.47 Å². The average Bonchev–Trinajstić information content (AvgIpc) is 3.24. The van der Waals surface area contributed by atoms with E-state index >= 15 is 0 Å². The van der Waals surface area contributed by atoms with Crippen molar-refractivity contribution in [3.8, 4) is 5.75 Å². The van der Waals surface area contributed by atoms with Crippen molar-refractivity contribution in [1.29, 1.82) is 0 Å². The summed E-state index contributed by atoms with van der Waals surface area (Å²) >= 11 is 0. The van der Waals surface area contributed by atoms with E-state index in [1.807, 2.05) is 31.2 Å². The minimum absolute atomic E-state index is 0.0493. The molecule has 8 heteroatoms. The molecule has 0 aliphatic carbocycles. The number of carbonyl (C=O) groups is 1. The molecule has 1 aliphatic rings. The molecule has 1 saturated heterocycles. The molecular weight excluding hydrogens is 386 g/mol. The summed E-state index contributed by atoms with van der Waals surface area (Å²) in [6.07, 6.45) is 1.75. The van der Waals surface area contributed by atoms with Gasteiger partial charge in [0, 0.05) is 31.8 Å². The van der Waals surface area contributed by atoms with Crippen LogP contribution in [0.4, 0.5) is 11.4 Å². The molecule has 0 spiro atoms. The summed E-state index contributed by atoms with van der Waals surface area (Å²) in [5.74, 6) is 0.599. The summed E-state index contributed by atoms with van der Waals surface area (Å²) in [5, 5.41) is 14.5. The molecule has 0 bridgehead atoms. The normalized spacial score (nSPS) is 15.8. The molecule has 3 rings (SSSR count). The maximum absolute atomic E-state index is 13.2. The average molecular weight is 413 g/mol. The lowest BCUT2D eigenvalue weighted by Crippen LogP contribution is -2.30. The van der Waals surface area contributed by atoms with E-state index < -0.39 is 4.92 Å². The van der Waals surface area contributed by atoms with Gasteiger partial charge in [-0.25, -0.2) is 0 Å². The molecule has 1 unspecified atom stereocenters. The number of hydrogen-bond acceptors (Lipinski definition) is 6. The topological polar surface area (TPSA) is 93.9 Å². The Morgan fingerprint density at radius 1 is 1.27 bits per heavy atom. The van der Waals surface area contributed by atoms with Gasteiger partial charge in [-0.2, -0.15) is 0 Å². The number of nitrogens with one attached hydrogen (secondary N) is 1. The molecule has 1 heterocycles. The first kappa shape index (κ1) is 21.6. The second-order valence-corrected chi connectivity index (χ2v) is 7.07. The highest BCUT2D eigenvalue weighted by Gasteiger charge is 2.31. The van der Waals surface area contributed by atoms with Crippen LogP contribution in [0, 0.1) is 10.1 Å². The summed E-state index contributed by atoms with van der Waals surface area (Å²) in [7, 11) is 1.56. The molecule has 160 valence electrons. The van der Waals surface area contributed by atoms with Crippen LogP contribution in [0.2, 0.25) is 0 Å². The minimum atomic E-state index is -0.472. The molecular formula is C22H27N3O5. The number of hydrogen-bond donors (Lipinski definition) is 1. The first-order chi connectivity index (χ1) is 14.5. The van der Waals surface area contributed by atoms with Crippen molar-refractivity contribution in [1.82, 2.24) is 4.90 Å². The zero-order chi connectivity index (χ0) is 21.5. The monoisotopic (exact) mass is 413 g/mol. The molecule has 2 aromatic carbocycles. The Balaban J connectivity index is 1.80. The van der Waals surface area contributed by atoms with Gasteiger partial charge in [0.1, 0.15) is 11.4 Å². The molecule has 0 aromatic heterocycles. The van der Waals surface area contributed by atoms with Gasteiger partial charge in [0.2, 0.25) is 0 Å². The quantitative estimate of drug-likeness (QED) is 0.379. The molecule has 30 heavy (non-hydrogen) atoms. The van der Waals surface area contributed by atoms with Crippen LogP contribution in [0.5, 0.6) is 5.75 Å². The fourth-order valence-electron chi connectivity index (χ4n) is 3.73. The minimum Gasteiger partial charge on any atom is -0.494 e.